The van der Waals surface area contributed by atoms with Gasteiger partial charge >= 0.3 is 0 Å². The number of furan rings is 1. The first-order valence-electron chi connectivity index (χ1n) is 8.20. The Morgan fingerprint density at radius 1 is 1.33 bits per heavy atom. The maximum Gasteiger partial charge on any atom is 0.243 e. The summed E-state index contributed by atoms with van der Waals surface area (Å²) in [5.74, 6) is 0.260. The molecule has 0 aliphatic carbocycles. The summed E-state index contributed by atoms with van der Waals surface area (Å²) in [5, 5.41) is 5.39. The molecule has 0 fully saturated rings. The van der Waals surface area contributed by atoms with E-state index in [4.69, 9.17) is 4.42 Å². The number of nitrogens with one attached hydrogen (secondary N) is 1. The summed E-state index contributed by atoms with van der Waals surface area (Å²) in [7, 11) is 1.61. The van der Waals surface area contributed by atoms with Gasteiger partial charge in [-0.25, -0.2) is 4.98 Å². The molecule has 0 bridgehead atoms. The number of carbonyl (C=O) groups excluding carboxylic acids is 2. The minimum absolute atomic E-state index is 0.0243. The van der Waals surface area contributed by atoms with Crippen LogP contribution in [-0.4, -0.2) is 35.3 Å². The normalized spacial score (nSPS) is 10.6. The molecule has 6 nitrogen and oxygen atoms in total. The zero-order valence-corrected chi connectivity index (χ0v) is 17.3. The molecule has 1 aromatic carbocycles. The van der Waals surface area contributed by atoms with Crippen molar-refractivity contribution in [2.75, 3.05) is 18.9 Å². The van der Waals surface area contributed by atoms with Crippen LogP contribution in [0.5, 0.6) is 0 Å². The van der Waals surface area contributed by atoms with Gasteiger partial charge in [0.1, 0.15) is 0 Å². The third-order valence-electron chi connectivity index (χ3n) is 3.89. The Labute approximate surface area is 169 Å². The predicted molar refractivity (Wildman–Crippen MR) is 109 cm³/mol. The second-order valence-corrected chi connectivity index (χ2v) is 7.83. The fourth-order valence-corrected chi connectivity index (χ4v) is 3.71. The Kier molecular flexibility index (Phi) is 6.08. The number of amides is 2. The van der Waals surface area contributed by atoms with E-state index in [1.807, 2.05) is 36.6 Å². The highest BCUT2D eigenvalue weighted by Crippen LogP contribution is 2.24. The van der Waals surface area contributed by atoms with Crippen LogP contribution >= 0.6 is 27.3 Å². The number of aryl methyl sites for hydroxylation is 1. The van der Waals surface area contributed by atoms with Crippen molar-refractivity contribution in [3.05, 3.63) is 57.7 Å². The molecule has 0 aliphatic heterocycles. The number of aromatic nitrogens is 1. The molecular weight excluding hydrogens is 430 g/mol. The van der Waals surface area contributed by atoms with Crippen LogP contribution in [0.4, 0.5) is 5.69 Å². The van der Waals surface area contributed by atoms with Crippen LogP contribution in [0.1, 0.15) is 11.3 Å². The highest BCUT2D eigenvalue weighted by atomic mass is 79.9. The molecular formula is C19H18BrN3O3S. The smallest absolute Gasteiger partial charge is 0.243 e. The number of carbonyl (C=O) groups is 2. The number of likely N-dealkylation sites (N-methyl/N-ethyl adjacent to an activating group) is 1. The first-order chi connectivity index (χ1) is 12.9. The minimum atomic E-state index is -0.245. The Bertz CT molecular complexity index is 953. The fourth-order valence-electron chi connectivity index (χ4n) is 2.45. The van der Waals surface area contributed by atoms with Gasteiger partial charge < -0.3 is 14.6 Å². The van der Waals surface area contributed by atoms with E-state index >= 15 is 0 Å². The average molecular weight is 448 g/mol. The van der Waals surface area contributed by atoms with Gasteiger partial charge in [-0.05, 0) is 42.8 Å². The van der Waals surface area contributed by atoms with Gasteiger partial charge in [-0.2, -0.15) is 0 Å². The van der Waals surface area contributed by atoms with Crippen LogP contribution in [0.25, 0.3) is 10.8 Å². The lowest BCUT2D eigenvalue weighted by Gasteiger charge is -2.17. The number of hydrogen-bond donors (Lipinski definition) is 1. The third-order valence-corrected chi connectivity index (χ3v) is 5.28. The van der Waals surface area contributed by atoms with Gasteiger partial charge in [-0.1, -0.05) is 15.9 Å². The molecule has 0 atom stereocenters. The van der Waals surface area contributed by atoms with Crippen LogP contribution in [0.2, 0.25) is 0 Å². The molecule has 0 spiro atoms. The average Bonchev–Trinajstić information content (AvgIpc) is 3.28. The lowest BCUT2D eigenvalue weighted by molar-refractivity contribution is -0.132. The van der Waals surface area contributed by atoms with Gasteiger partial charge in [0.2, 0.25) is 11.8 Å². The second-order valence-electron chi connectivity index (χ2n) is 6.06. The van der Waals surface area contributed by atoms with Crippen LogP contribution in [0, 0.1) is 6.92 Å². The molecule has 2 amide bonds. The molecule has 0 saturated heterocycles. The van der Waals surface area contributed by atoms with Crippen molar-refractivity contribution in [3.63, 3.8) is 0 Å². The van der Waals surface area contributed by atoms with Crippen molar-refractivity contribution < 1.29 is 14.0 Å². The standard InChI is InChI=1S/C19H18BrN3O3S/c1-12-8-13(20)5-6-15(12)22-17(24)10-23(2)18(25)9-14-11-27-19(21-14)16-4-3-7-26-16/h3-8,11H,9-10H2,1-2H3,(H,22,24). The van der Waals surface area contributed by atoms with Crippen LogP contribution in [0.3, 0.4) is 0 Å². The van der Waals surface area contributed by atoms with Gasteiger partial charge in [-0.3, -0.25) is 9.59 Å². The number of benzene rings is 1. The Morgan fingerprint density at radius 3 is 2.85 bits per heavy atom. The Morgan fingerprint density at radius 2 is 2.15 bits per heavy atom. The Balaban J connectivity index is 1.55. The van der Waals surface area contributed by atoms with Gasteiger partial charge in [0.15, 0.2) is 10.8 Å². The Hall–Kier alpha value is -2.45. The van der Waals surface area contributed by atoms with E-state index in [0.29, 0.717) is 11.5 Å². The number of anilines is 1. The molecule has 8 heteroatoms. The second kappa shape index (κ2) is 8.49. The van der Waals surface area contributed by atoms with E-state index in [0.717, 1.165) is 20.7 Å². The summed E-state index contributed by atoms with van der Waals surface area (Å²) < 4.78 is 6.25. The summed E-state index contributed by atoms with van der Waals surface area (Å²) in [6, 6.07) is 9.22. The van der Waals surface area contributed by atoms with E-state index < -0.39 is 0 Å². The maximum atomic E-state index is 12.4. The fraction of sp³-hybridized carbons (Fsp3) is 0.211. The highest BCUT2D eigenvalue weighted by Gasteiger charge is 2.16. The molecule has 0 saturated carbocycles. The lowest BCUT2D eigenvalue weighted by Crippen LogP contribution is -2.36. The van der Waals surface area contributed by atoms with Crippen LogP contribution < -0.4 is 5.32 Å². The number of thiazole rings is 1. The van der Waals surface area contributed by atoms with Crippen molar-refractivity contribution in [2.45, 2.75) is 13.3 Å². The zero-order chi connectivity index (χ0) is 19.4. The van der Waals surface area contributed by atoms with E-state index in [1.165, 1.54) is 16.2 Å². The molecule has 2 heterocycles. The van der Waals surface area contributed by atoms with Crippen molar-refractivity contribution in [3.8, 4) is 10.8 Å². The summed E-state index contributed by atoms with van der Waals surface area (Å²) in [5.41, 5.74) is 2.33. The SMILES string of the molecule is Cc1cc(Br)ccc1NC(=O)CN(C)C(=O)Cc1csc(-c2ccco2)n1. The van der Waals surface area contributed by atoms with E-state index in [1.54, 1.807) is 19.4 Å². The van der Waals surface area contributed by atoms with Crippen molar-refractivity contribution in [1.29, 1.82) is 0 Å². The largest absolute Gasteiger partial charge is 0.462 e. The van der Waals surface area contributed by atoms with Crippen LogP contribution in [0.15, 0.2) is 50.9 Å². The van der Waals surface area contributed by atoms with Gasteiger partial charge in [0.05, 0.1) is 24.9 Å². The van der Waals surface area contributed by atoms with Crippen molar-refractivity contribution in [2.24, 2.45) is 0 Å². The monoisotopic (exact) mass is 447 g/mol. The first-order valence-corrected chi connectivity index (χ1v) is 9.88. The van der Waals surface area contributed by atoms with E-state index in [9.17, 15) is 9.59 Å². The topological polar surface area (TPSA) is 75.4 Å². The van der Waals surface area contributed by atoms with E-state index in [2.05, 4.69) is 26.2 Å². The van der Waals surface area contributed by atoms with Crippen molar-refractivity contribution in [1.82, 2.24) is 9.88 Å². The summed E-state index contributed by atoms with van der Waals surface area (Å²) in [6.45, 7) is 1.89. The van der Waals surface area contributed by atoms with Crippen molar-refractivity contribution >= 4 is 44.8 Å². The third kappa shape index (κ3) is 5.05. The first kappa shape index (κ1) is 19.3. The number of halogens is 1. The van der Waals surface area contributed by atoms with Gasteiger partial charge in [0.25, 0.3) is 0 Å². The maximum absolute atomic E-state index is 12.4. The summed E-state index contributed by atoms with van der Waals surface area (Å²) in [4.78, 5) is 30.4. The molecule has 140 valence electrons. The molecule has 0 unspecified atom stereocenters. The minimum Gasteiger partial charge on any atom is -0.462 e. The highest BCUT2D eigenvalue weighted by molar-refractivity contribution is 9.10. The number of hydrogen-bond acceptors (Lipinski definition) is 5. The van der Waals surface area contributed by atoms with Gasteiger partial charge in [0, 0.05) is 22.6 Å². The molecule has 0 radical (unpaired) electrons. The number of rotatable bonds is 6. The molecule has 2 aromatic heterocycles. The zero-order valence-electron chi connectivity index (χ0n) is 14.9. The molecule has 27 heavy (non-hydrogen) atoms. The quantitative estimate of drug-likeness (QED) is 0.616. The van der Waals surface area contributed by atoms with E-state index in [-0.39, 0.29) is 24.8 Å². The summed E-state index contributed by atoms with van der Waals surface area (Å²) in [6.07, 6.45) is 1.72. The number of nitrogens with zero attached hydrogens (tertiary/aromatic N) is 2. The molecule has 3 aromatic rings. The predicted octanol–water partition coefficient (Wildman–Crippen LogP) is 4.11. The molecule has 3 rings (SSSR count). The lowest BCUT2D eigenvalue weighted by atomic mass is 10.2. The van der Waals surface area contributed by atoms with Crippen LogP contribution in [-0.2, 0) is 16.0 Å². The van der Waals surface area contributed by atoms with Gasteiger partial charge in [-0.15, -0.1) is 11.3 Å². The summed E-state index contributed by atoms with van der Waals surface area (Å²) >= 11 is 4.81. The molecule has 0 aliphatic rings. The molecule has 1 N–H and O–H groups in total.